The molecule has 90 valence electrons. The summed E-state index contributed by atoms with van der Waals surface area (Å²) < 4.78 is 15.1. The summed E-state index contributed by atoms with van der Waals surface area (Å²) in [6.45, 7) is 0. The summed E-state index contributed by atoms with van der Waals surface area (Å²) in [7, 11) is 0. The number of aromatic nitrogens is 2. The molecule has 0 radical (unpaired) electrons. The van der Waals surface area contributed by atoms with Crippen molar-refractivity contribution in [2.45, 2.75) is 0 Å². The van der Waals surface area contributed by atoms with Crippen molar-refractivity contribution in [3.8, 4) is 11.3 Å². The van der Waals surface area contributed by atoms with Crippen LogP contribution in [0.4, 0.5) is 10.2 Å². The predicted octanol–water partition coefficient (Wildman–Crippen LogP) is 3.38. The minimum Gasteiger partial charge on any atom is -0.383 e. The second-order valence-corrected chi connectivity index (χ2v) is 4.34. The Morgan fingerprint density at radius 3 is 2.56 bits per heavy atom. The monoisotopic (exact) mass is 261 g/mol. The second kappa shape index (κ2) is 3.99. The van der Waals surface area contributed by atoms with Gasteiger partial charge in [0, 0.05) is 16.8 Å². The third-order valence-electron chi connectivity index (χ3n) is 2.76. The SMILES string of the molecule is Nc1c(-c2ccc(Cl)cc2)nc2c(F)cccn12. The average molecular weight is 262 g/mol. The molecule has 0 aliphatic rings. The van der Waals surface area contributed by atoms with Crippen LogP contribution in [-0.2, 0) is 0 Å². The molecule has 0 saturated heterocycles. The second-order valence-electron chi connectivity index (χ2n) is 3.90. The van der Waals surface area contributed by atoms with Crippen LogP contribution >= 0.6 is 11.6 Å². The van der Waals surface area contributed by atoms with Crippen LogP contribution in [0.3, 0.4) is 0 Å². The first-order valence-electron chi connectivity index (χ1n) is 5.35. The van der Waals surface area contributed by atoms with Crippen molar-refractivity contribution >= 4 is 23.1 Å². The maximum Gasteiger partial charge on any atom is 0.175 e. The van der Waals surface area contributed by atoms with E-state index >= 15 is 0 Å². The summed E-state index contributed by atoms with van der Waals surface area (Å²) in [5, 5.41) is 0.632. The Labute approximate surface area is 108 Å². The summed E-state index contributed by atoms with van der Waals surface area (Å²) in [6.07, 6.45) is 1.68. The summed E-state index contributed by atoms with van der Waals surface area (Å²) >= 11 is 5.83. The van der Waals surface area contributed by atoms with Crippen LogP contribution in [0.15, 0.2) is 42.6 Å². The molecule has 0 unspecified atom stereocenters. The number of hydrogen-bond acceptors (Lipinski definition) is 2. The minimum atomic E-state index is -0.399. The maximum absolute atomic E-state index is 13.6. The lowest BCUT2D eigenvalue weighted by Crippen LogP contribution is -1.94. The van der Waals surface area contributed by atoms with Crippen molar-refractivity contribution in [3.05, 3.63) is 53.4 Å². The molecular weight excluding hydrogens is 253 g/mol. The number of fused-ring (bicyclic) bond motifs is 1. The number of hydrogen-bond donors (Lipinski definition) is 1. The molecule has 0 fully saturated rings. The lowest BCUT2D eigenvalue weighted by molar-refractivity contribution is 0.630. The van der Waals surface area contributed by atoms with Gasteiger partial charge in [0.25, 0.3) is 0 Å². The van der Waals surface area contributed by atoms with Gasteiger partial charge in [0.15, 0.2) is 11.5 Å². The standard InChI is InChI=1S/C13H9ClFN3/c14-9-5-3-8(4-6-9)11-12(16)18-7-1-2-10(15)13(18)17-11/h1-7H,16H2. The van der Waals surface area contributed by atoms with Gasteiger partial charge in [-0.3, -0.25) is 4.40 Å². The fraction of sp³-hybridized carbons (Fsp3) is 0. The summed E-state index contributed by atoms with van der Waals surface area (Å²) in [4.78, 5) is 4.23. The Hall–Kier alpha value is -2.07. The number of nitrogens with zero attached hydrogens (tertiary/aromatic N) is 2. The molecule has 2 aromatic heterocycles. The smallest absolute Gasteiger partial charge is 0.175 e. The van der Waals surface area contributed by atoms with Crippen molar-refractivity contribution in [2.24, 2.45) is 0 Å². The highest BCUT2D eigenvalue weighted by Crippen LogP contribution is 2.28. The third-order valence-corrected chi connectivity index (χ3v) is 3.01. The molecule has 0 atom stereocenters. The van der Waals surface area contributed by atoms with E-state index in [1.807, 2.05) is 0 Å². The molecule has 5 heteroatoms. The van der Waals surface area contributed by atoms with Crippen LogP contribution in [0.5, 0.6) is 0 Å². The Kier molecular flexibility index (Phi) is 2.45. The Morgan fingerprint density at radius 2 is 1.89 bits per heavy atom. The number of nitrogen functional groups attached to an aromatic ring is 1. The summed E-state index contributed by atoms with van der Waals surface area (Å²) in [5.41, 5.74) is 7.56. The lowest BCUT2D eigenvalue weighted by atomic mass is 10.1. The molecule has 3 nitrogen and oxygen atoms in total. The van der Waals surface area contributed by atoms with E-state index in [4.69, 9.17) is 17.3 Å². The van der Waals surface area contributed by atoms with Gasteiger partial charge in [-0.25, -0.2) is 9.37 Å². The van der Waals surface area contributed by atoms with Crippen LogP contribution in [0, 0.1) is 5.82 Å². The van der Waals surface area contributed by atoms with E-state index in [-0.39, 0.29) is 5.65 Å². The number of halogens is 2. The highest BCUT2D eigenvalue weighted by molar-refractivity contribution is 6.30. The van der Waals surface area contributed by atoms with Crippen molar-refractivity contribution < 1.29 is 4.39 Å². The first-order chi connectivity index (χ1) is 8.66. The van der Waals surface area contributed by atoms with Gasteiger partial charge in [0.1, 0.15) is 11.5 Å². The van der Waals surface area contributed by atoms with Gasteiger partial charge < -0.3 is 5.73 Å². The van der Waals surface area contributed by atoms with Crippen molar-refractivity contribution in [3.63, 3.8) is 0 Å². The summed E-state index contributed by atoms with van der Waals surface area (Å²) in [6, 6.07) is 10.0. The van der Waals surface area contributed by atoms with Gasteiger partial charge in [-0.15, -0.1) is 0 Å². The molecule has 3 aromatic rings. The Morgan fingerprint density at radius 1 is 1.17 bits per heavy atom. The fourth-order valence-corrected chi connectivity index (χ4v) is 2.00. The molecule has 0 spiro atoms. The highest BCUT2D eigenvalue weighted by atomic mass is 35.5. The largest absolute Gasteiger partial charge is 0.383 e. The first-order valence-corrected chi connectivity index (χ1v) is 5.72. The first kappa shape index (κ1) is 11.0. The van der Waals surface area contributed by atoms with Crippen LogP contribution in [-0.4, -0.2) is 9.38 Å². The molecule has 0 aliphatic heterocycles. The quantitative estimate of drug-likeness (QED) is 0.730. The molecular formula is C13H9ClFN3. The molecule has 3 rings (SSSR count). The van der Waals surface area contributed by atoms with E-state index < -0.39 is 5.82 Å². The summed E-state index contributed by atoms with van der Waals surface area (Å²) in [5.74, 6) is 0.0104. The van der Waals surface area contributed by atoms with Crippen LogP contribution in [0.25, 0.3) is 16.9 Å². The molecule has 1 aromatic carbocycles. The van der Waals surface area contributed by atoms with E-state index in [0.717, 1.165) is 5.56 Å². The van der Waals surface area contributed by atoms with E-state index in [9.17, 15) is 4.39 Å². The van der Waals surface area contributed by atoms with Crippen LogP contribution in [0.2, 0.25) is 5.02 Å². The molecule has 2 N–H and O–H groups in total. The predicted molar refractivity (Wildman–Crippen MR) is 70.0 cm³/mol. The number of rotatable bonds is 1. The van der Waals surface area contributed by atoms with Gasteiger partial charge in [-0.05, 0) is 24.3 Å². The highest BCUT2D eigenvalue weighted by Gasteiger charge is 2.13. The van der Waals surface area contributed by atoms with Gasteiger partial charge >= 0.3 is 0 Å². The number of imidazole rings is 1. The molecule has 0 amide bonds. The normalized spacial score (nSPS) is 11.0. The van der Waals surface area contributed by atoms with Crippen molar-refractivity contribution in [2.75, 3.05) is 5.73 Å². The van der Waals surface area contributed by atoms with Crippen molar-refractivity contribution in [1.82, 2.24) is 9.38 Å². The zero-order chi connectivity index (χ0) is 12.7. The topological polar surface area (TPSA) is 43.3 Å². The maximum atomic E-state index is 13.6. The number of benzene rings is 1. The van der Waals surface area contributed by atoms with Crippen LogP contribution in [0.1, 0.15) is 0 Å². The van der Waals surface area contributed by atoms with Crippen LogP contribution < -0.4 is 5.73 Å². The van der Waals surface area contributed by atoms with Gasteiger partial charge in [0.05, 0.1) is 0 Å². The van der Waals surface area contributed by atoms with Gasteiger partial charge in [0.2, 0.25) is 0 Å². The zero-order valence-corrected chi connectivity index (χ0v) is 10.0. The zero-order valence-electron chi connectivity index (χ0n) is 9.27. The van der Waals surface area contributed by atoms with Gasteiger partial charge in [-0.2, -0.15) is 0 Å². The number of pyridine rings is 1. The number of anilines is 1. The molecule has 18 heavy (non-hydrogen) atoms. The van der Waals surface area contributed by atoms with E-state index in [0.29, 0.717) is 16.5 Å². The molecule has 2 heterocycles. The average Bonchev–Trinajstić information content (AvgIpc) is 2.70. The van der Waals surface area contributed by atoms with Crippen molar-refractivity contribution in [1.29, 1.82) is 0 Å². The fourth-order valence-electron chi connectivity index (χ4n) is 1.87. The molecule has 0 saturated carbocycles. The van der Waals surface area contributed by atoms with Gasteiger partial charge in [-0.1, -0.05) is 23.7 Å². The Balaban J connectivity index is 2.27. The van der Waals surface area contributed by atoms with E-state index in [2.05, 4.69) is 4.98 Å². The molecule has 0 aliphatic carbocycles. The molecule has 0 bridgehead atoms. The Bertz CT molecular complexity index is 719. The van der Waals surface area contributed by atoms with E-state index in [1.54, 1.807) is 36.5 Å². The minimum absolute atomic E-state index is 0.222. The number of nitrogens with two attached hydrogens (primary N) is 1. The third kappa shape index (κ3) is 1.62. The lowest BCUT2D eigenvalue weighted by Gasteiger charge is -1.99. The van der Waals surface area contributed by atoms with E-state index in [1.165, 1.54) is 10.5 Å².